The van der Waals surface area contributed by atoms with Crippen LogP contribution in [0.2, 0.25) is 5.02 Å². The van der Waals surface area contributed by atoms with Crippen molar-refractivity contribution < 1.29 is 19.0 Å². The highest BCUT2D eigenvalue weighted by Gasteiger charge is 2.23. The van der Waals surface area contributed by atoms with Crippen molar-refractivity contribution in [1.82, 2.24) is 0 Å². The highest BCUT2D eigenvalue weighted by molar-refractivity contribution is 6.37. The van der Waals surface area contributed by atoms with Crippen molar-refractivity contribution in [2.24, 2.45) is 0 Å². The largest absolute Gasteiger partial charge is 0.504 e. The minimum atomic E-state index is -0.394. The van der Waals surface area contributed by atoms with Gasteiger partial charge < -0.3 is 19.0 Å². The Kier molecular flexibility index (Phi) is 3.09. The lowest BCUT2D eigenvalue weighted by Gasteiger charge is -2.13. The zero-order valence-corrected chi connectivity index (χ0v) is 10.8. The SMILES string of the molecule is COc1c(OC)c(O)c2c(=O)cc(C)oc2c1Cl. The molecule has 0 saturated heterocycles. The van der Waals surface area contributed by atoms with E-state index in [2.05, 4.69) is 0 Å². The van der Waals surface area contributed by atoms with Crippen LogP contribution < -0.4 is 14.9 Å². The van der Waals surface area contributed by atoms with E-state index in [0.717, 1.165) is 0 Å². The van der Waals surface area contributed by atoms with Crippen molar-refractivity contribution in [3.63, 3.8) is 0 Å². The van der Waals surface area contributed by atoms with E-state index in [-0.39, 0.29) is 33.2 Å². The fourth-order valence-electron chi connectivity index (χ4n) is 1.78. The van der Waals surface area contributed by atoms with E-state index in [9.17, 15) is 9.90 Å². The number of hydrogen-bond acceptors (Lipinski definition) is 5. The van der Waals surface area contributed by atoms with E-state index in [1.54, 1.807) is 6.92 Å². The number of aryl methyl sites for hydroxylation is 1. The van der Waals surface area contributed by atoms with Crippen molar-refractivity contribution in [1.29, 1.82) is 0 Å². The number of ether oxygens (including phenoxy) is 2. The van der Waals surface area contributed by atoms with E-state index >= 15 is 0 Å². The van der Waals surface area contributed by atoms with Crippen LogP contribution in [-0.4, -0.2) is 19.3 Å². The minimum absolute atomic E-state index is 0.00570. The van der Waals surface area contributed by atoms with Gasteiger partial charge in [-0.05, 0) is 6.92 Å². The molecule has 0 aliphatic rings. The Balaban J connectivity index is 3.07. The lowest BCUT2D eigenvalue weighted by molar-refractivity contribution is 0.334. The second kappa shape index (κ2) is 4.42. The normalized spacial score (nSPS) is 10.7. The van der Waals surface area contributed by atoms with Gasteiger partial charge in [0.2, 0.25) is 5.75 Å². The molecular weight excluding hydrogens is 260 g/mol. The van der Waals surface area contributed by atoms with Crippen LogP contribution in [-0.2, 0) is 0 Å². The maximum atomic E-state index is 11.9. The van der Waals surface area contributed by atoms with Gasteiger partial charge in [0.05, 0.1) is 14.2 Å². The molecule has 1 aromatic carbocycles. The van der Waals surface area contributed by atoms with E-state index in [0.29, 0.717) is 5.76 Å². The molecule has 1 heterocycles. The average molecular weight is 271 g/mol. The van der Waals surface area contributed by atoms with Gasteiger partial charge in [-0.15, -0.1) is 0 Å². The Hall–Kier alpha value is -1.88. The van der Waals surface area contributed by atoms with Crippen LogP contribution in [0.25, 0.3) is 11.0 Å². The quantitative estimate of drug-likeness (QED) is 0.908. The van der Waals surface area contributed by atoms with Crippen LogP contribution in [0.1, 0.15) is 5.76 Å². The van der Waals surface area contributed by atoms with Crippen molar-refractivity contribution in [3.05, 3.63) is 27.1 Å². The van der Waals surface area contributed by atoms with Gasteiger partial charge in [-0.2, -0.15) is 0 Å². The number of halogens is 1. The average Bonchev–Trinajstić information content (AvgIpc) is 2.32. The van der Waals surface area contributed by atoms with Gasteiger partial charge in [0.15, 0.2) is 22.5 Å². The predicted molar refractivity (Wildman–Crippen MR) is 67.0 cm³/mol. The predicted octanol–water partition coefficient (Wildman–Crippen LogP) is 2.48. The Morgan fingerprint density at radius 3 is 2.44 bits per heavy atom. The molecule has 0 radical (unpaired) electrons. The van der Waals surface area contributed by atoms with Crippen molar-refractivity contribution in [2.45, 2.75) is 6.92 Å². The Morgan fingerprint density at radius 1 is 1.28 bits per heavy atom. The van der Waals surface area contributed by atoms with Gasteiger partial charge >= 0.3 is 0 Å². The summed E-state index contributed by atoms with van der Waals surface area (Å²) < 4.78 is 15.4. The van der Waals surface area contributed by atoms with Crippen molar-refractivity contribution in [3.8, 4) is 17.2 Å². The molecule has 0 spiro atoms. The lowest BCUT2D eigenvalue weighted by atomic mass is 10.1. The molecule has 0 fully saturated rings. The molecule has 0 bridgehead atoms. The summed E-state index contributed by atoms with van der Waals surface area (Å²) in [6, 6.07) is 1.27. The van der Waals surface area contributed by atoms with Crippen LogP contribution in [0, 0.1) is 6.92 Å². The maximum absolute atomic E-state index is 11.9. The third-order valence-electron chi connectivity index (χ3n) is 2.54. The summed E-state index contributed by atoms with van der Waals surface area (Å²) in [6.07, 6.45) is 0. The van der Waals surface area contributed by atoms with E-state index < -0.39 is 5.43 Å². The number of hydrogen-bond donors (Lipinski definition) is 1. The zero-order chi connectivity index (χ0) is 13.4. The number of phenolic OH excluding ortho intramolecular Hbond substituents is 1. The first-order chi connectivity index (χ1) is 8.51. The van der Waals surface area contributed by atoms with Crippen LogP contribution in [0.15, 0.2) is 15.3 Å². The maximum Gasteiger partial charge on any atom is 0.205 e. The van der Waals surface area contributed by atoms with Crippen molar-refractivity contribution in [2.75, 3.05) is 14.2 Å². The molecule has 0 aliphatic heterocycles. The molecule has 2 rings (SSSR count). The van der Waals surface area contributed by atoms with Crippen molar-refractivity contribution >= 4 is 22.6 Å². The Morgan fingerprint density at radius 2 is 1.89 bits per heavy atom. The Bertz CT molecular complexity index is 674. The number of fused-ring (bicyclic) bond motifs is 1. The van der Waals surface area contributed by atoms with Gasteiger partial charge in [-0.3, -0.25) is 4.79 Å². The van der Waals surface area contributed by atoms with Gasteiger partial charge in [0, 0.05) is 6.07 Å². The highest BCUT2D eigenvalue weighted by Crippen LogP contribution is 2.47. The number of phenols is 1. The molecule has 6 heteroatoms. The first kappa shape index (κ1) is 12.6. The van der Waals surface area contributed by atoms with E-state index in [4.69, 9.17) is 25.5 Å². The molecule has 0 saturated carbocycles. The molecule has 0 aliphatic carbocycles. The van der Waals surface area contributed by atoms with E-state index in [1.165, 1.54) is 20.3 Å². The topological polar surface area (TPSA) is 68.9 Å². The van der Waals surface area contributed by atoms with Crippen LogP contribution in [0.5, 0.6) is 17.2 Å². The fraction of sp³-hybridized carbons (Fsp3) is 0.250. The fourth-order valence-corrected chi connectivity index (χ4v) is 2.08. The summed E-state index contributed by atoms with van der Waals surface area (Å²) >= 11 is 6.09. The summed E-state index contributed by atoms with van der Waals surface area (Å²) in [4.78, 5) is 11.9. The van der Waals surface area contributed by atoms with Crippen LogP contribution >= 0.6 is 11.6 Å². The highest BCUT2D eigenvalue weighted by atomic mass is 35.5. The Labute approximate surface area is 107 Å². The third kappa shape index (κ3) is 1.67. The van der Waals surface area contributed by atoms with Gasteiger partial charge in [-0.1, -0.05) is 11.6 Å². The van der Waals surface area contributed by atoms with Crippen LogP contribution in [0.3, 0.4) is 0 Å². The summed E-state index contributed by atoms with van der Waals surface area (Å²) in [5, 5.41) is 10.1. The number of methoxy groups -OCH3 is 2. The molecule has 0 amide bonds. The molecule has 0 atom stereocenters. The number of benzene rings is 1. The number of aromatic hydroxyl groups is 1. The summed E-state index contributed by atoms with van der Waals surface area (Å²) in [5.41, 5.74) is -0.314. The summed E-state index contributed by atoms with van der Waals surface area (Å²) in [7, 11) is 2.72. The first-order valence-electron chi connectivity index (χ1n) is 5.08. The van der Waals surface area contributed by atoms with Gasteiger partial charge in [-0.25, -0.2) is 0 Å². The lowest BCUT2D eigenvalue weighted by Crippen LogP contribution is -2.03. The third-order valence-corrected chi connectivity index (χ3v) is 2.88. The number of rotatable bonds is 2. The summed E-state index contributed by atoms with van der Waals surface area (Å²) in [5.74, 6) is 0.174. The second-order valence-corrected chi connectivity index (χ2v) is 4.03. The van der Waals surface area contributed by atoms with E-state index in [1.807, 2.05) is 0 Å². The molecule has 1 aromatic heterocycles. The molecule has 1 N–H and O–H groups in total. The van der Waals surface area contributed by atoms with Crippen LogP contribution in [0.4, 0.5) is 0 Å². The monoisotopic (exact) mass is 270 g/mol. The first-order valence-corrected chi connectivity index (χ1v) is 5.46. The molecule has 18 heavy (non-hydrogen) atoms. The molecule has 2 aromatic rings. The molecule has 0 unspecified atom stereocenters. The zero-order valence-electron chi connectivity index (χ0n) is 10.0. The summed E-state index contributed by atoms with van der Waals surface area (Å²) in [6.45, 7) is 1.62. The molecule has 5 nitrogen and oxygen atoms in total. The molecule has 96 valence electrons. The van der Waals surface area contributed by atoms with Gasteiger partial charge in [0.25, 0.3) is 0 Å². The van der Waals surface area contributed by atoms with Gasteiger partial charge in [0.1, 0.15) is 16.2 Å². The second-order valence-electron chi connectivity index (χ2n) is 3.65. The standard InChI is InChI=1S/C12H11ClO5/c1-5-4-6(14)7-9(15)12(17-3)11(16-2)8(13)10(7)18-5/h4,15H,1-3H3. The minimum Gasteiger partial charge on any atom is -0.504 e. The molecular formula is C12H11ClO5. The smallest absolute Gasteiger partial charge is 0.205 e.